The van der Waals surface area contributed by atoms with Crippen LogP contribution in [0.4, 0.5) is 17.2 Å². The SMILES string of the molecule is CCCc1ccc(Nc2ccc(N)cc2)nn1. The van der Waals surface area contributed by atoms with Crippen LogP contribution in [0.3, 0.4) is 0 Å². The standard InChI is InChI=1S/C13H16N4/c1-2-3-12-8-9-13(17-16-12)15-11-6-4-10(14)5-7-11/h4-9H,2-3,14H2,1H3,(H,15,17). The third-order valence-corrected chi connectivity index (χ3v) is 2.41. The number of anilines is 3. The quantitative estimate of drug-likeness (QED) is 0.790. The van der Waals surface area contributed by atoms with E-state index >= 15 is 0 Å². The van der Waals surface area contributed by atoms with Crippen molar-refractivity contribution in [3.05, 3.63) is 42.1 Å². The number of aromatic nitrogens is 2. The van der Waals surface area contributed by atoms with Crippen molar-refractivity contribution < 1.29 is 0 Å². The lowest BCUT2D eigenvalue weighted by Crippen LogP contribution is -1.98. The summed E-state index contributed by atoms with van der Waals surface area (Å²) in [6, 6.07) is 11.5. The second-order valence-electron chi connectivity index (χ2n) is 3.91. The van der Waals surface area contributed by atoms with Crippen LogP contribution < -0.4 is 11.1 Å². The van der Waals surface area contributed by atoms with Gasteiger partial charge in [0.1, 0.15) is 0 Å². The van der Waals surface area contributed by atoms with Crippen LogP contribution in [-0.2, 0) is 6.42 Å². The van der Waals surface area contributed by atoms with Gasteiger partial charge in [0.25, 0.3) is 0 Å². The van der Waals surface area contributed by atoms with Gasteiger partial charge in [0.05, 0.1) is 5.69 Å². The van der Waals surface area contributed by atoms with Crippen molar-refractivity contribution in [1.29, 1.82) is 0 Å². The summed E-state index contributed by atoms with van der Waals surface area (Å²) in [6.07, 6.45) is 2.05. The van der Waals surface area contributed by atoms with Gasteiger partial charge in [0.2, 0.25) is 0 Å². The highest BCUT2D eigenvalue weighted by atomic mass is 15.2. The van der Waals surface area contributed by atoms with Crippen molar-refractivity contribution >= 4 is 17.2 Å². The molecule has 0 bridgehead atoms. The Morgan fingerprint density at radius 1 is 1.06 bits per heavy atom. The Labute approximate surface area is 101 Å². The molecule has 17 heavy (non-hydrogen) atoms. The summed E-state index contributed by atoms with van der Waals surface area (Å²) in [5.74, 6) is 0.745. The molecule has 0 saturated carbocycles. The number of hydrogen-bond donors (Lipinski definition) is 2. The third-order valence-electron chi connectivity index (χ3n) is 2.41. The number of nitrogens with one attached hydrogen (secondary N) is 1. The number of aryl methyl sites for hydroxylation is 1. The molecular formula is C13H16N4. The number of benzene rings is 1. The second-order valence-corrected chi connectivity index (χ2v) is 3.91. The normalized spacial score (nSPS) is 10.2. The molecule has 4 nitrogen and oxygen atoms in total. The summed E-state index contributed by atoms with van der Waals surface area (Å²) in [5.41, 5.74) is 8.35. The molecule has 1 aromatic heterocycles. The highest BCUT2D eigenvalue weighted by Crippen LogP contribution is 2.15. The zero-order valence-electron chi connectivity index (χ0n) is 9.85. The number of hydrogen-bond acceptors (Lipinski definition) is 4. The van der Waals surface area contributed by atoms with Gasteiger partial charge in [-0.1, -0.05) is 13.3 Å². The van der Waals surface area contributed by atoms with Crippen molar-refractivity contribution in [2.75, 3.05) is 11.1 Å². The zero-order chi connectivity index (χ0) is 12.1. The van der Waals surface area contributed by atoms with Crippen molar-refractivity contribution in [3.63, 3.8) is 0 Å². The van der Waals surface area contributed by atoms with E-state index in [1.807, 2.05) is 36.4 Å². The van der Waals surface area contributed by atoms with Gasteiger partial charge in [-0.05, 0) is 42.8 Å². The summed E-state index contributed by atoms with van der Waals surface area (Å²) >= 11 is 0. The molecule has 0 spiro atoms. The zero-order valence-corrected chi connectivity index (χ0v) is 9.85. The fraction of sp³-hybridized carbons (Fsp3) is 0.231. The lowest BCUT2D eigenvalue weighted by atomic mass is 10.2. The van der Waals surface area contributed by atoms with Gasteiger partial charge in [-0.25, -0.2) is 0 Å². The highest BCUT2D eigenvalue weighted by molar-refractivity contribution is 5.58. The first-order chi connectivity index (χ1) is 8.28. The minimum Gasteiger partial charge on any atom is -0.399 e. The van der Waals surface area contributed by atoms with Gasteiger partial charge in [0.15, 0.2) is 5.82 Å². The summed E-state index contributed by atoms with van der Waals surface area (Å²) < 4.78 is 0. The molecule has 4 heteroatoms. The predicted octanol–water partition coefficient (Wildman–Crippen LogP) is 2.75. The first-order valence-corrected chi connectivity index (χ1v) is 5.73. The van der Waals surface area contributed by atoms with Gasteiger partial charge in [-0.3, -0.25) is 0 Å². The lowest BCUT2D eigenvalue weighted by molar-refractivity contribution is 0.841. The minimum absolute atomic E-state index is 0.745. The Morgan fingerprint density at radius 3 is 2.41 bits per heavy atom. The molecule has 0 atom stereocenters. The monoisotopic (exact) mass is 228 g/mol. The molecule has 0 unspecified atom stereocenters. The second kappa shape index (κ2) is 5.30. The number of nitrogens with two attached hydrogens (primary N) is 1. The maximum absolute atomic E-state index is 5.62. The van der Waals surface area contributed by atoms with Crippen LogP contribution in [0.25, 0.3) is 0 Å². The predicted molar refractivity (Wildman–Crippen MR) is 70.2 cm³/mol. The fourth-order valence-electron chi connectivity index (χ4n) is 1.53. The molecular weight excluding hydrogens is 212 g/mol. The van der Waals surface area contributed by atoms with E-state index < -0.39 is 0 Å². The first-order valence-electron chi connectivity index (χ1n) is 5.73. The van der Waals surface area contributed by atoms with E-state index in [4.69, 9.17) is 5.73 Å². The van der Waals surface area contributed by atoms with Crippen LogP contribution in [0.1, 0.15) is 19.0 Å². The van der Waals surface area contributed by atoms with Crippen molar-refractivity contribution in [2.45, 2.75) is 19.8 Å². The largest absolute Gasteiger partial charge is 0.399 e. The van der Waals surface area contributed by atoms with Crippen LogP contribution in [-0.4, -0.2) is 10.2 Å². The van der Waals surface area contributed by atoms with E-state index in [0.717, 1.165) is 35.7 Å². The molecule has 2 aromatic rings. The van der Waals surface area contributed by atoms with Crippen LogP contribution >= 0.6 is 0 Å². The molecule has 0 fully saturated rings. The van der Waals surface area contributed by atoms with Gasteiger partial charge in [0, 0.05) is 11.4 Å². The lowest BCUT2D eigenvalue weighted by Gasteiger charge is -2.05. The maximum atomic E-state index is 5.62. The van der Waals surface area contributed by atoms with E-state index in [2.05, 4.69) is 22.4 Å². The smallest absolute Gasteiger partial charge is 0.153 e. The number of nitrogens with zero attached hydrogens (tertiary/aromatic N) is 2. The molecule has 0 saturated heterocycles. The van der Waals surface area contributed by atoms with E-state index in [0.29, 0.717) is 0 Å². The summed E-state index contributed by atoms with van der Waals surface area (Å²) in [7, 11) is 0. The highest BCUT2D eigenvalue weighted by Gasteiger charge is 1.98. The molecule has 2 rings (SSSR count). The summed E-state index contributed by atoms with van der Waals surface area (Å²) in [6.45, 7) is 2.13. The molecule has 0 amide bonds. The Bertz CT molecular complexity index is 462. The topological polar surface area (TPSA) is 63.8 Å². The molecule has 0 aliphatic heterocycles. The molecule has 88 valence electrons. The Kier molecular flexibility index (Phi) is 3.55. The van der Waals surface area contributed by atoms with Gasteiger partial charge in [-0.2, -0.15) is 5.10 Å². The average molecular weight is 228 g/mol. The maximum Gasteiger partial charge on any atom is 0.153 e. The molecule has 0 aliphatic carbocycles. The average Bonchev–Trinajstić information content (AvgIpc) is 2.35. The van der Waals surface area contributed by atoms with Gasteiger partial charge >= 0.3 is 0 Å². The Hall–Kier alpha value is -2.10. The van der Waals surface area contributed by atoms with Crippen LogP contribution in [0, 0.1) is 0 Å². The van der Waals surface area contributed by atoms with Crippen molar-refractivity contribution in [1.82, 2.24) is 10.2 Å². The Morgan fingerprint density at radius 2 is 1.82 bits per heavy atom. The molecule has 0 aliphatic rings. The first kappa shape index (κ1) is 11.4. The molecule has 0 radical (unpaired) electrons. The molecule has 1 heterocycles. The van der Waals surface area contributed by atoms with Crippen molar-refractivity contribution in [3.8, 4) is 0 Å². The number of nitrogen functional groups attached to an aromatic ring is 1. The van der Waals surface area contributed by atoms with Gasteiger partial charge < -0.3 is 11.1 Å². The summed E-state index contributed by atoms with van der Waals surface area (Å²) in [5, 5.41) is 11.4. The molecule has 3 N–H and O–H groups in total. The van der Waals surface area contributed by atoms with E-state index in [-0.39, 0.29) is 0 Å². The summed E-state index contributed by atoms with van der Waals surface area (Å²) in [4.78, 5) is 0. The van der Waals surface area contributed by atoms with Crippen LogP contribution in [0.5, 0.6) is 0 Å². The number of rotatable bonds is 4. The van der Waals surface area contributed by atoms with E-state index in [1.165, 1.54) is 0 Å². The Balaban J connectivity index is 2.05. The third kappa shape index (κ3) is 3.17. The van der Waals surface area contributed by atoms with Crippen LogP contribution in [0.2, 0.25) is 0 Å². The van der Waals surface area contributed by atoms with Gasteiger partial charge in [-0.15, -0.1) is 5.10 Å². The van der Waals surface area contributed by atoms with Crippen LogP contribution in [0.15, 0.2) is 36.4 Å². The van der Waals surface area contributed by atoms with Crippen molar-refractivity contribution in [2.24, 2.45) is 0 Å². The fourth-order valence-corrected chi connectivity index (χ4v) is 1.53. The van der Waals surface area contributed by atoms with E-state index in [9.17, 15) is 0 Å². The molecule has 1 aromatic carbocycles. The van der Waals surface area contributed by atoms with E-state index in [1.54, 1.807) is 0 Å². The minimum atomic E-state index is 0.745.